The van der Waals surface area contributed by atoms with Gasteiger partial charge in [-0.3, -0.25) is 4.79 Å². The largest absolute Gasteiger partial charge is 0.383 e. The summed E-state index contributed by atoms with van der Waals surface area (Å²) in [7, 11) is 1.67. The summed E-state index contributed by atoms with van der Waals surface area (Å²) in [5.74, 6) is -0.244. The summed E-state index contributed by atoms with van der Waals surface area (Å²) in [4.78, 5) is 17.6. The lowest BCUT2D eigenvalue weighted by Crippen LogP contribution is -2.19. The van der Waals surface area contributed by atoms with Crippen LogP contribution in [0, 0.1) is 6.92 Å². The Balaban J connectivity index is 2.14. The summed E-state index contributed by atoms with van der Waals surface area (Å²) in [5, 5.41) is 0. The molecule has 1 aromatic heterocycles. The fourth-order valence-electron chi connectivity index (χ4n) is 2.56. The van der Waals surface area contributed by atoms with Crippen LogP contribution >= 0.6 is 27.3 Å². The summed E-state index contributed by atoms with van der Waals surface area (Å²) in [6.45, 7) is 3.29. The van der Waals surface area contributed by atoms with Gasteiger partial charge in [-0.1, -0.05) is 45.5 Å². The first-order chi connectivity index (χ1) is 11.6. The van der Waals surface area contributed by atoms with Crippen LogP contribution in [0.25, 0.3) is 10.2 Å². The minimum absolute atomic E-state index is 0.244. The Bertz CT molecular complexity index is 959. The number of carbonyl (C=O) groups is 1. The van der Waals surface area contributed by atoms with Crippen LogP contribution in [0.4, 0.5) is 0 Å². The monoisotopic (exact) mass is 404 g/mol. The van der Waals surface area contributed by atoms with Crippen LogP contribution < -0.4 is 4.80 Å². The van der Waals surface area contributed by atoms with Crippen molar-refractivity contribution in [2.45, 2.75) is 13.5 Å². The van der Waals surface area contributed by atoms with Gasteiger partial charge in [-0.2, -0.15) is 4.99 Å². The number of amides is 1. The van der Waals surface area contributed by atoms with E-state index in [1.165, 1.54) is 11.3 Å². The van der Waals surface area contributed by atoms with Crippen LogP contribution in [0.1, 0.15) is 15.9 Å². The number of thiazole rings is 1. The summed E-state index contributed by atoms with van der Waals surface area (Å²) in [6, 6.07) is 13.4. The highest BCUT2D eigenvalue weighted by molar-refractivity contribution is 9.10. The van der Waals surface area contributed by atoms with E-state index in [0.29, 0.717) is 23.5 Å². The molecule has 0 aliphatic carbocycles. The van der Waals surface area contributed by atoms with Crippen molar-refractivity contribution in [3.8, 4) is 0 Å². The van der Waals surface area contributed by atoms with Crippen molar-refractivity contribution in [2.24, 2.45) is 4.99 Å². The fraction of sp³-hybridized carbons (Fsp3) is 0.222. The van der Waals surface area contributed by atoms with Gasteiger partial charge in [0.15, 0.2) is 4.80 Å². The first-order valence-corrected chi connectivity index (χ1v) is 9.13. The molecule has 0 spiro atoms. The van der Waals surface area contributed by atoms with E-state index in [2.05, 4.69) is 44.5 Å². The Morgan fingerprint density at radius 3 is 2.83 bits per heavy atom. The highest BCUT2D eigenvalue weighted by atomic mass is 79.9. The number of para-hydroxylation sites is 1. The minimum atomic E-state index is -0.244. The lowest BCUT2D eigenvalue weighted by Gasteiger charge is -2.06. The van der Waals surface area contributed by atoms with Gasteiger partial charge in [0.25, 0.3) is 5.91 Å². The average Bonchev–Trinajstić information content (AvgIpc) is 2.91. The van der Waals surface area contributed by atoms with E-state index in [9.17, 15) is 4.79 Å². The second kappa shape index (κ2) is 7.42. The van der Waals surface area contributed by atoms with Gasteiger partial charge in [-0.05, 0) is 36.8 Å². The molecule has 4 nitrogen and oxygen atoms in total. The maximum Gasteiger partial charge on any atom is 0.279 e. The molecule has 0 atom stereocenters. The third-order valence-electron chi connectivity index (χ3n) is 3.69. The van der Waals surface area contributed by atoms with Crippen molar-refractivity contribution in [3.05, 3.63) is 62.9 Å². The molecule has 0 aliphatic heterocycles. The van der Waals surface area contributed by atoms with Crippen LogP contribution in [0.5, 0.6) is 0 Å². The molecule has 0 unspecified atom stereocenters. The van der Waals surface area contributed by atoms with Gasteiger partial charge < -0.3 is 9.30 Å². The topological polar surface area (TPSA) is 43.6 Å². The molecule has 1 heterocycles. The molecule has 2 aromatic carbocycles. The summed E-state index contributed by atoms with van der Waals surface area (Å²) >= 11 is 4.91. The van der Waals surface area contributed by atoms with Crippen LogP contribution in [0.3, 0.4) is 0 Å². The smallest absolute Gasteiger partial charge is 0.279 e. The molecule has 124 valence electrons. The van der Waals surface area contributed by atoms with E-state index in [-0.39, 0.29) is 5.91 Å². The number of carbonyl (C=O) groups excluding carboxylic acids is 1. The lowest BCUT2D eigenvalue weighted by atomic mass is 10.2. The average molecular weight is 405 g/mol. The first kappa shape index (κ1) is 17.1. The van der Waals surface area contributed by atoms with Crippen molar-refractivity contribution >= 4 is 43.4 Å². The number of hydrogen-bond donors (Lipinski definition) is 0. The molecule has 0 bridgehead atoms. The summed E-state index contributed by atoms with van der Waals surface area (Å²) < 4.78 is 9.26. The Labute approximate surface area is 152 Å². The zero-order valence-electron chi connectivity index (χ0n) is 13.5. The summed E-state index contributed by atoms with van der Waals surface area (Å²) in [6.07, 6.45) is 0. The second-order valence-electron chi connectivity index (χ2n) is 5.38. The van der Waals surface area contributed by atoms with Crippen LogP contribution in [-0.4, -0.2) is 24.2 Å². The number of aromatic nitrogens is 1. The number of hydrogen-bond acceptors (Lipinski definition) is 3. The highest BCUT2D eigenvalue weighted by Crippen LogP contribution is 2.21. The fourth-order valence-corrected chi connectivity index (χ4v) is 4.09. The van der Waals surface area contributed by atoms with Gasteiger partial charge >= 0.3 is 0 Å². The molecule has 6 heteroatoms. The molecular weight excluding hydrogens is 388 g/mol. The maximum absolute atomic E-state index is 12.5. The molecular formula is C18H17BrN2O2S. The molecule has 0 N–H and O–H groups in total. The molecule has 0 saturated carbocycles. The maximum atomic E-state index is 12.5. The van der Waals surface area contributed by atoms with Crippen molar-refractivity contribution in [1.29, 1.82) is 0 Å². The van der Waals surface area contributed by atoms with Gasteiger partial charge in [0.05, 0.1) is 16.8 Å². The van der Waals surface area contributed by atoms with Crippen molar-refractivity contribution < 1.29 is 9.53 Å². The van der Waals surface area contributed by atoms with Gasteiger partial charge in [0.2, 0.25) is 0 Å². The number of fused-ring (bicyclic) bond motifs is 1. The van der Waals surface area contributed by atoms with E-state index in [1.807, 2.05) is 18.2 Å². The molecule has 0 fully saturated rings. The van der Waals surface area contributed by atoms with E-state index in [4.69, 9.17) is 4.74 Å². The van der Waals surface area contributed by atoms with Crippen LogP contribution in [0.15, 0.2) is 51.9 Å². The predicted octanol–water partition coefficient (Wildman–Crippen LogP) is 4.16. The normalized spacial score (nSPS) is 12.0. The molecule has 3 rings (SSSR count). The van der Waals surface area contributed by atoms with Crippen LogP contribution in [0.2, 0.25) is 0 Å². The third-order valence-corrected chi connectivity index (χ3v) is 5.23. The van der Waals surface area contributed by atoms with E-state index < -0.39 is 0 Å². The number of benzene rings is 2. The predicted molar refractivity (Wildman–Crippen MR) is 100 cm³/mol. The zero-order valence-corrected chi connectivity index (χ0v) is 15.9. The van der Waals surface area contributed by atoms with E-state index in [1.54, 1.807) is 19.2 Å². The molecule has 24 heavy (non-hydrogen) atoms. The highest BCUT2D eigenvalue weighted by Gasteiger charge is 2.11. The summed E-state index contributed by atoms with van der Waals surface area (Å²) in [5.41, 5.74) is 2.84. The Kier molecular flexibility index (Phi) is 5.28. The van der Waals surface area contributed by atoms with E-state index in [0.717, 1.165) is 20.3 Å². The molecule has 1 amide bonds. The lowest BCUT2D eigenvalue weighted by molar-refractivity contribution is 0.0997. The number of ether oxygens (including phenoxy) is 1. The standard InChI is InChI=1S/C18H17BrN2O2S/c1-12-5-3-8-15-16(12)21(9-10-23-2)18(24-15)20-17(22)13-6-4-7-14(19)11-13/h3-8,11H,9-10H2,1-2H3. The SMILES string of the molecule is COCCn1c(=NC(=O)c2cccc(Br)c2)sc2cccc(C)c21. The Morgan fingerprint density at radius 1 is 1.29 bits per heavy atom. The van der Waals surface area contributed by atoms with Gasteiger partial charge in [0, 0.05) is 23.7 Å². The molecule has 0 saturated heterocycles. The number of halogens is 1. The molecule has 0 aliphatic rings. The zero-order chi connectivity index (χ0) is 17.1. The number of rotatable bonds is 4. The first-order valence-electron chi connectivity index (χ1n) is 7.52. The van der Waals surface area contributed by atoms with Gasteiger partial charge in [-0.15, -0.1) is 0 Å². The van der Waals surface area contributed by atoms with Crippen molar-refractivity contribution in [1.82, 2.24) is 4.57 Å². The Hall–Kier alpha value is -1.76. The third kappa shape index (κ3) is 3.50. The number of methoxy groups -OCH3 is 1. The second-order valence-corrected chi connectivity index (χ2v) is 7.30. The van der Waals surface area contributed by atoms with Crippen molar-refractivity contribution in [2.75, 3.05) is 13.7 Å². The van der Waals surface area contributed by atoms with Crippen molar-refractivity contribution in [3.63, 3.8) is 0 Å². The number of aryl methyl sites for hydroxylation is 1. The number of nitrogens with zero attached hydrogens (tertiary/aromatic N) is 2. The van der Waals surface area contributed by atoms with E-state index >= 15 is 0 Å². The molecule has 0 radical (unpaired) electrons. The Morgan fingerprint density at radius 2 is 2.08 bits per heavy atom. The minimum Gasteiger partial charge on any atom is -0.383 e. The van der Waals surface area contributed by atoms with Crippen LogP contribution in [-0.2, 0) is 11.3 Å². The van der Waals surface area contributed by atoms with Gasteiger partial charge in [0.1, 0.15) is 0 Å². The molecule has 3 aromatic rings. The quantitative estimate of drug-likeness (QED) is 0.654. The van der Waals surface area contributed by atoms with Gasteiger partial charge in [-0.25, -0.2) is 0 Å².